The smallest absolute Gasteiger partial charge is 0.335 e. The van der Waals surface area contributed by atoms with E-state index in [1.54, 1.807) is 26.2 Å². The van der Waals surface area contributed by atoms with Crippen molar-refractivity contribution in [3.05, 3.63) is 64.8 Å². The summed E-state index contributed by atoms with van der Waals surface area (Å²) in [5.41, 5.74) is 4.59. The number of aromatic carboxylic acids is 1. The van der Waals surface area contributed by atoms with Crippen LogP contribution in [0.1, 0.15) is 46.4 Å². The van der Waals surface area contributed by atoms with Crippen LogP contribution in [0.25, 0.3) is 10.9 Å². The second kappa shape index (κ2) is 9.04. The zero-order chi connectivity index (χ0) is 22.8. The summed E-state index contributed by atoms with van der Waals surface area (Å²) in [5.74, 6) is -0.0407. The molecule has 1 amide bonds. The maximum atomic E-state index is 12.2. The number of nitrogens with zero attached hydrogens (tertiary/aromatic N) is 2. The van der Waals surface area contributed by atoms with Gasteiger partial charge in [-0.3, -0.25) is 9.69 Å². The molecule has 2 N–H and O–H groups in total. The van der Waals surface area contributed by atoms with Crippen LogP contribution >= 0.6 is 0 Å². The summed E-state index contributed by atoms with van der Waals surface area (Å²) in [6.07, 6.45) is 2.82. The standard InChI is InChI=1S/C25H29N3O4/c1-16-13-23(32-3)21(20-9-10-26-24(16)20)14-28-12-4-11-27(17(2)29)15-22(28)18-5-7-19(8-6-18)25(30)31/h5-10,13,22,26H,4,11-12,14-15H2,1-3H3,(H,30,31). The maximum Gasteiger partial charge on any atom is 0.335 e. The highest BCUT2D eigenvalue weighted by Crippen LogP contribution is 2.35. The molecule has 1 unspecified atom stereocenters. The molecule has 0 saturated carbocycles. The number of carbonyl (C=O) groups excluding carboxylic acids is 1. The monoisotopic (exact) mass is 435 g/mol. The molecule has 2 heterocycles. The minimum atomic E-state index is -0.945. The Bertz CT molecular complexity index is 1140. The van der Waals surface area contributed by atoms with E-state index in [0.29, 0.717) is 19.6 Å². The fourth-order valence-electron chi connectivity index (χ4n) is 4.66. The predicted octanol–water partition coefficient (Wildman–Crippen LogP) is 3.98. The number of aromatic amines is 1. The Morgan fingerprint density at radius 2 is 1.94 bits per heavy atom. The van der Waals surface area contributed by atoms with Crippen molar-refractivity contribution in [1.82, 2.24) is 14.8 Å². The van der Waals surface area contributed by atoms with Crippen molar-refractivity contribution < 1.29 is 19.4 Å². The number of aromatic nitrogens is 1. The molecule has 7 heteroatoms. The number of carboxylic acids is 1. The fraction of sp³-hybridized carbons (Fsp3) is 0.360. The van der Waals surface area contributed by atoms with Gasteiger partial charge in [0.1, 0.15) is 5.75 Å². The van der Waals surface area contributed by atoms with Crippen LogP contribution in [0, 0.1) is 6.92 Å². The second-order valence-electron chi connectivity index (χ2n) is 8.37. The van der Waals surface area contributed by atoms with Gasteiger partial charge in [-0.05, 0) is 48.7 Å². The zero-order valence-corrected chi connectivity index (χ0v) is 18.7. The molecule has 1 fully saturated rings. The summed E-state index contributed by atoms with van der Waals surface area (Å²) in [6.45, 7) is 6.42. The van der Waals surface area contributed by atoms with Gasteiger partial charge in [-0.15, -0.1) is 0 Å². The third-order valence-corrected chi connectivity index (χ3v) is 6.39. The number of H-pyrrole nitrogens is 1. The quantitative estimate of drug-likeness (QED) is 0.633. The molecule has 168 valence electrons. The van der Waals surface area contributed by atoms with Crippen molar-refractivity contribution in [1.29, 1.82) is 0 Å². The molecule has 1 aromatic heterocycles. The number of benzene rings is 2. The van der Waals surface area contributed by atoms with E-state index in [4.69, 9.17) is 4.74 Å². The summed E-state index contributed by atoms with van der Waals surface area (Å²) >= 11 is 0. The van der Waals surface area contributed by atoms with E-state index >= 15 is 0 Å². The lowest BCUT2D eigenvalue weighted by Crippen LogP contribution is -2.36. The Balaban J connectivity index is 1.74. The van der Waals surface area contributed by atoms with Gasteiger partial charge in [-0.2, -0.15) is 0 Å². The van der Waals surface area contributed by atoms with Gasteiger partial charge in [0.15, 0.2) is 0 Å². The molecule has 1 saturated heterocycles. The third-order valence-electron chi connectivity index (χ3n) is 6.39. The number of rotatable bonds is 5. The Morgan fingerprint density at radius 3 is 2.59 bits per heavy atom. The van der Waals surface area contributed by atoms with Gasteiger partial charge in [0.2, 0.25) is 5.91 Å². The Kier molecular flexibility index (Phi) is 6.19. The minimum Gasteiger partial charge on any atom is -0.496 e. The highest BCUT2D eigenvalue weighted by molar-refractivity contribution is 5.88. The SMILES string of the molecule is COc1cc(C)c2[nH]ccc2c1CN1CCCN(C(C)=O)CC1c1ccc(C(=O)O)cc1. The van der Waals surface area contributed by atoms with E-state index in [2.05, 4.69) is 28.9 Å². The number of ether oxygens (including phenoxy) is 1. The Hall–Kier alpha value is -3.32. The van der Waals surface area contributed by atoms with Crippen molar-refractivity contribution in [2.45, 2.75) is 32.9 Å². The lowest BCUT2D eigenvalue weighted by atomic mass is 10.00. The lowest BCUT2D eigenvalue weighted by Gasteiger charge is -2.32. The van der Waals surface area contributed by atoms with E-state index in [1.807, 2.05) is 23.2 Å². The molecule has 4 rings (SSSR count). The average Bonchev–Trinajstić information content (AvgIpc) is 3.18. The fourth-order valence-corrected chi connectivity index (χ4v) is 4.66. The summed E-state index contributed by atoms with van der Waals surface area (Å²) < 4.78 is 5.75. The topological polar surface area (TPSA) is 85.9 Å². The number of amides is 1. The first-order valence-corrected chi connectivity index (χ1v) is 10.9. The van der Waals surface area contributed by atoms with Crippen molar-refractivity contribution >= 4 is 22.8 Å². The minimum absolute atomic E-state index is 0.0516. The van der Waals surface area contributed by atoms with Gasteiger partial charge < -0.3 is 19.7 Å². The summed E-state index contributed by atoms with van der Waals surface area (Å²) in [6, 6.07) is 11.1. The predicted molar refractivity (Wildman–Crippen MR) is 123 cm³/mol. The highest BCUT2D eigenvalue weighted by Gasteiger charge is 2.29. The largest absolute Gasteiger partial charge is 0.496 e. The van der Waals surface area contributed by atoms with E-state index in [-0.39, 0.29) is 17.5 Å². The lowest BCUT2D eigenvalue weighted by molar-refractivity contribution is -0.129. The van der Waals surface area contributed by atoms with Crippen LogP contribution in [0.15, 0.2) is 42.6 Å². The van der Waals surface area contributed by atoms with E-state index in [9.17, 15) is 14.7 Å². The van der Waals surface area contributed by atoms with E-state index in [1.165, 1.54) is 0 Å². The first-order chi connectivity index (χ1) is 15.4. The number of methoxy groups -OCH3 is 1. The molecule has 1 aliphatic heterocycles. The number of aryl methyl sites for hydroxylation is 1. The molecular weight excluding hydrogens is 406 g/mol. The van der Waals surface area contributed by atoms with Crippen molar-refractivity contribution in [3.8, 4) is 5.75 Å². The normalized spacial score (nSPS) is 17.3. The molecule has 0 aliphatic carbocycles. The van der Waals surface area contributed by atoms with Gasteiger partial charge in [0, 0.05) is 55.8 Å². The van der Waals surface area contributed by atoms with Crippen LogP contribution in [0.2, 0.25) is 0 Å². The van der Waals surface area contributed by atoms with E-state index < -0.39 is 5.97 Å². The van der Waals surface area contributed by atoms with Gasteiger partial charge in [0.05, 0.1) is 18.7 Å². The molecular formula is C25H29N3O4. The molecule has 1 atom stereocenters. The van der Waals surface area contributed by atoms with Crippen LogP contribution in [0.3, 0.4) is 0 Å². The number of carbonyl (C=O) groups is 2. The number of hydrogen-bond acceptors (Lipinski definition) is 4. The first-order valence-electron chi connectivity index (χ1n) is 10.9. The van der Waals surface area contributed by atoms with Crippen LogP contribution < -0.4 is 4.74 Å². The molecule has 3 aromatic rings. The molecule has 1 aliphatic rings. The Labute approximate surface area is 187 Å². The van der Waals surface area contributed by atoms with Crippen molar-refractivity contribution in [3.63, 3.8) is 0 Å². The summed E-state index contributed by atoms with van der Waals surface area (Å²) in [5, 5.41) is 10.4. The van der Waals surface area contributed by atoms with Gasteiger partial charge in [-0.1, -0.05) is 12.1 Å². The van der Waals surface area contributed by atoms with Gasteiger partial charge in [0.25, 0.3) is 0 Å². The Morgan fingerprint density at radius 1 is 1.19 bits per heavy atom. The van der Waals surface area contributed by atoms with Crippen LogP contribution in [0.4, 0.5) is 0 Å². The summed E-state index contributed by atoms with van der Waals surface area (Å²) in [7, 11) is 1.69. The second-order valence-corrected chi connectivity index (χ2v) is 8.37. The van der Waals surface area contributed by atoms with Gasteiger partial charge in [-0.25, -0.2) is 4.79 Å². The summed E-state index contributed by atoms with van der Waals surface area (Å²) in [4.78, 5) is 31.1. The molecule has 7 nitrogen and oxygen atoms in total. The van der Waals surface area contributed by atoms with Crippen LogP contribution in [-0.2, 0) is 11.3 Å². The number of nitrogens with one attached hydrogen (secondary N) is 1. The molecule has 0 spiro atoms. The highest BCUT2D eigenvalue weighted by atomic mass is 16.5. The van der Waals surface area contributed by atoms with E-state index in [0.717, 1.165) is 46.3 Å². The van der Waals surface area contributed by atoms with Crippen molar-refractivity contribution in [2.24, 2.45) is 0 Å². The molecule has 32 heavy (non-hydrogen) atoms. The number of hydrogen-bond donors (Lipinski definition) is 2. The van der Waals surface area contributed by atoms with Crippen LogP contribution in [0.5, 0.6) is 5.75 Å². The maximum absolute atomic E-state index is 12.2. The van der Waals surface area contributed by atoms with Crippen molar-refractivity contribution in [2.75, 3.05) is 26.7 Å². The average molecular weight is 436 g/mol. The molecule has 0 radical (unpaired) electrons. The first kappa shape index (κ1) is 21.9. The van der Waals surface area contributed by atoms with Crippen LogP contribution in [-0.4, -0.2) is 58.5 Å². The molecule has 0 bridgehead atoms. The number of fused-ring (bicyclic) bond motifs is 1. The number of carboxylic acid groups (broad SMARTS) is 1. The zero-order valence-electron chi connectivity index (χ0n) is 18.7. The third kappa shape index (κ3) is 4.21. The molecule has 2 aromatic carbocycles. The van der Waals surface area contributed by atoms with Gasteiger partial charge >= 0.3 is 5.97 Å².